The quantitative estimate of drug-likeness (QED) is 0.727. The fraction of sp³-hybridized carbons (Fsp3) is 0.143. The molecule has 0 bridgehead atoms. The second-order valence-electron chi connectivity index (χ2n) is 4.55. The zero-order valence-electron chi connectivity index (χ0n) is 11.4. The molecule has 7 heteroatoms. The van der Waals surface area contributed by atoms with E-state index in [1.807, 2.05) is 42.4 Å². The molecule has 0 aliphatic rings. The van der Waals surface area contributed by atoms with Crippen molar-refractivity contribution < 1.29 is 0 Å². The van der Waals surface area contributed by atoms with Crippen molar-refractivity contribution in [3.8, 4) is 5.69 Å². The zero-order valence-corrected chi connectivity index (χ0v) is 13.0. The van der Waals surface area contributed by atoms with Gasteiger partial charge in [0.1, 0.15) is 11.5 Å². The first-order chi connectivity index (χ1) is 10.2. The molecule has 0 fully saturated rings. The summed E-state index contributed by atoms with van der Waals surface area (Å²) < 4.78 is 2.76. The van der Waals surface area contributed by atoms with Crippen LogP contribution in [0.15, 0.2) is 53.5 Å². The van der Waals surface area contributed by atoms with Crippen molar-refractivity contribution in [1.82, 2.24) is 25.0 Å². The van der Waals surface area contributed by atoms with Crippen molar-refractivity contribution in [3.63, 3.8) is 0 Å². The molecule has 1 aromatic carbocycles. The molecule has 3 rings (SSSR count). The standard InChI is InChI=1S/C14H13BrN6/c1-20(14-8-16-5-6-17-14)9-12-10-21(19-18-12)13-4-2-3-11(15)7-13/h2-8,10H,9H2,1H3. The molecular formula is C14H13BrN6. The summed E-state index contributed by atoms with van der Waals surface area (Å²) in [7, 11) is 1.95. The van der Waals surface area contributed by atoms with E-state index in [1.54, 1.807) is 23.3 Å². The molecule has 0 amide bonds. The van der Waals surface area contributed by atoms with Crippen molar-refractivity contribution in [2.45, 2.75) is 6.54 Å². The molecule has 0 unspecified atom stereocenters. The Morgan fingerprint density at radius 3 is 2.95 bits per heavy atom. The van der Waals surface area contributed by atoms with Crippen molar-refractivity contribution in [2.75, 3.05) is 11.9 Å². The van der Waals surface area contributed by atoms with Crippen molar-refractivity contribution in [2.24, 2.45) is 0 Å². The lowest BCUT2D eigenvalue weighted by atomic mass is 10.3. The van der Waals surface area contributed by atoms with Gasteiger partial charge in [0.25, 0.3) is 0 Å². The van der Waals surface area contributed by atoms with Gasteiger partial charge in [-0.15, -0.1) is 5.10 Å². The average Bonchev–Trinajstić information content (AvgIpc) is 2.97. The molecule has 106 valence electrons. The smallest absolute Gasteiger partial charge is 0.147 e. The van der Waals surface area contributed by atoms with E-state index in [9.17, 15) is 0 Å². The fourth-order valence-electron chi connectivity index (χ4n) is 1.93. The minimum atomic E-state index is 0.618. The van der Waals surface area contributed by atoms with E-state index in [1.165, 1.54) is 0 Å². The van der Waals surface area contributed by atoms with E-state index >= 15 is 0 Å². The van der Waals surface area contributed by atoms with Crippen LogP contribution in [-0.4, -0.2) is 32.0 Å². The largest absolute Gasteiger partial charge is 0.352 e. The van der Waals surface area contributed by atoms with Crippen molar-refractivity contribution >= 4 is 21.7 Å². The molecule has 0 aliphatic carbocycles. The SMILES string of the molecule is CN(Cc1cn(-c2cccc(Br)c2)nn1)c1cnccn1. The van der Waals surface area contributed by atoms with E-state index < -0.39 is 0 Å². The van der Waals surface area contributed by atoms with Gasteiger partial charge in [0, 0.05) is 23.9 Å². The lowest BCUT2D eigenvalue weighted by Crippen LogP contribution is -2.17. The normalized spacial score (nSPS) is 10.6. The van der Waals surface area contributed by atoms with Crippen LogP contribution >= 0.6 is 15.9 Å². The van der Waals surface area contributed by atoms with E-state index in [-0.39, 0.29) is 0 Å². The predicted octanol–water partition coefficient (Wildman–Crippen LogP) is 2.46. The first kappa shape index (κ1) is 13.7. The Balaban J connectivity index is 1.76. The Kier molecular flexibility index (Phi) is 3.92. The molecule has 21 heavy (non-hydrogen) atoms. The number of hydrogen-bond acceptors (Lipinski definition) is 5. The second kappa shape index (κ2) is 6.01. The zero-order chi connectivity index (χ0) is 14.7. The third kappa shape index (κ3) is 3.25. The highest BCUT2D eigenvalue weighted by Gasteiger charge is 2.08. The summed E-state index contributed by atoms with van der Waals surface area (Å²) in [4.78, 5) is 10.3. The fourth-order valence-corrected chi connectivity index (χ4v) is 2.32. The van der Waals surface area contributed by atoms with Gasteiger partial charge in [0.15, 0.2) is 0 Å². The number of halogens is 1. The Hall–Kier alpha value is -2.28. The molecule has 3 aromatic rings. The number of aromatic nitrogens is 5. The lowest BCUT2D eigenvalue weighted by molar-refractivity contribution is 0.789. The number of nitrogens with zero attached hydrogens (tertiary/aromatic N) is 6. The summed E-state index contributed by atoms with van der Waals surface area (Å²) >= 11 is 3.45. The third-order valence-electron chi connectivity index (χ3n) is 2.95. The van der Waals surface area contributed by atoms with Crippen LogP contribution in [-0.2, 0) is 6.54 Å². The van der Waals surface area contributed by atoms with Crippen LogP contribution in [0.1, 0.15) is 5.69 Å². The second-order valence-corrected chi connectivity index (χ2v) is 5.47. The minimum Gasteiger partial charge on any atom is -0.352 e. The van der Waals surface area contributed by atoms with Gasteiger partial charge in [-0.1, -0.05) is 27.2 Å². The molecular weight excluding hydrogens is 332 g/mol. The Labute approximate surface area is 130 Å². The molecule has 0 N–H and O–H groups in total. The molecule has 0 spiro atoms. The van der Waals surface area contributed by atoms with Gasteiger partial charge in [-0.2, -0.15) is 0 Å². The molecule has 0 atom stereocenters. The average molecular weight is 345 g/mol. The van der Waals surface area contributed by atoms with E-state index in [0.29, 0.717) is 6.54 Å². The third-order valence-corrected chi connectivity index (χ3v) is 3.45. The highest BCUT2D eigenvalue weighted by Crippen LogP contribution is 2.15. The Morgan fingerprint density at radius 1 is 1.29 bits per heavy atom. The van der Waals surface area contributed by atoms with Gasteiger partial charge in [0.2, 0.25) is 0 Å². The minimum absolute atomic E-state index is 0.618. The van der Waals surface area contributed by atoms with E-state index in [2.05, 4.69) is 36.2 Å². The van der Waals surface area contributed by atoms with Crippen LogP contribution in [0, 0.1) is 0 Å². The maximum atomic E-state index is 4.25. The molecule has 2 heterocycles. The first-order valence-electron chi connectivity index (χ1n) is 6.37. The summed E-state index contributed by atoms with van der Waals surface area (Å²) in [6.07, 6.45) is 6.96. The van der Waals surface area contributed by atoms with Crippen LogP contribution in [0.4, 0.5) is 5.82 Å². The predicted molar refractivity (Wildman–Crippen MR) is 83.2 cm³/mol. The number of benzene rings is 1. The van der Waals surface area contributed by atoms with Crippen LogP contribution in [0.2, 0.25) is 0 Å². The summed E-state index contributed by atoms with van der Waals surface area (Å²) in [5.74, 6) is 0.800. The molecule has 0 radical (unpaired) electrons. The van der Waals surface area contributed by atoms with Crippen molar-refractivity contribution in [1.29, 1.82) is 0 Å². The lowest BCUT2D eigenvalue weighted by Gasteiger charge is -2.15. The van der Waals surface area contributed by atoms with Gasteiger partial charge >= 0.3 is 0 Å². The first-order valence-corrected chi connectivity index (χ1v) is 7.16. The Morgan fingerprint density at radius 2 is 2.19 bits per heavy atom. The molecule has 0 saturated heterocycles. The highest BCUT2D eigenvalue weighted by atomic mass is 79.9. The Bertz CT molecular complexity index is 727. The molecule has 0 aliphatic heterocycles. The monoisotopic (exact) mass is 344 g/mol. The van der Waals surface area contributed by atoms with Crippen LogP contribution in [0.5, 0.6) is 0 Å². The molecule has 6 nitrogen and oxygen atoms in total. The van der Waals surface area contributed by atoms with Crippen molar-refractivity contribution in [3.05, 3.63) is 59.2 Å². The number of rotatable bonds is 4. The maximum absolute atomic E-state index is 4.25. The van der Waals surface area contributed by atoms with Crippen LogP contribution in [0.3, 0.4) is 0 Å². The highest BCUT2D eigenvalue weighted by molar-refractivity contribution is 9.10. The molecule has 2 aromatic heterocycles. The van der Waals surface area contributed by atoms with E-state index in [4.69, 9.17) is 0 Å². The van der Waals surface area contributed by atoms with Crippen LogP contribution < -0.4 is 4.90 Å². The maximum Gasteiger partial charge on any atom is 0.147 e. The van der Waals surface area contributed by atoms with Gasteiger partial charge in [-0.05, 0) is 18.2 Å². The van der Waals surface area contributed by atoms with Gasteiger partial charge < -0.3 is 4.90 Å². The van der Waals surface area contributed by atoms with Gasteiger partial charge in [0.05, 0.1) is 24.6 Å². The number of anilines is 1. The molecule has 0 saturated carbocycles. The summed E-state index contributed by atoms with van der Waals surface area (Å²) in [5.41, 5.74) is 1.83. The topological polar surface area (TPSA) is 59.7 Å². The summed E-state index contributed by atoms with van der Waals surface area (Å²) in [5, 5.41) is 8.35. The van der Waals surface area contributed by atoms with E-state index in [0.717, 1.165) is 21.7 Å². The summed E-state index contributed by atoms with van der Waals surface area (Å²) in [6.45, 7) is 0.618. The summed E-state index contributed by atoms with van der Waals surface area (Å²) in [6, 6.07) is 7.91. The van der Waals surface area contributed by atoms with Crippen LogP contribution in [0.25, 0.3) is 5.69 Å². The van der Waals surface area contributed by atoms with Gasteiger partial charge in [-0.3, -0.25) is 4.98 Å². The van der Waals surface area contributed by atoms with Gasteiger partial charge in [-0.25, -0.2) is 9.67 Å². The number of hydrogen-bond donors (Lipinski definition) is 0.